The topological polar surface area (TPSA) is 29.7 Å². The van der Waals surface area contributed by atoms with Crippen molar-refractivity contribution in [2.24, 2.45) is 7.05 Å². The molecule has 0 fully saturated rings. The molecule has 0 amide bonds. The SMILES string of the molecule is Cc1ccccc1-c1c2ccncc2nc[n+]1C. The summed E-state index contributed by atoms with van der Waals surface area (Å²) < 4.78 is 2.06. The maximum atomic E-state index is 4.40. The van der Waals surface area contributed by atoms with Gasteiger partial charge >= 0.3 is 0 Å². The van der Waals surface area contributed by atoms with Gasteiger partial charge in [-0.2, -0.15) is 0 Å². The molecule has 0 radical (unpaired) electrons. The Morgan fingerprint density at radius 2 is 1.94 bits per heavy atom. The highest BCUT2D eigenvalue weighted by molar-refractivity contribution is 5.90. The zero-order valence-corrected chi connectivity index (χ0v) is 10.5. The standard InChI is InChI=1S/C15H14N3/c1-11-5-3-4-6-12(11)15-13-7-8-16-9-14(13)17-10-18(15)2/h3-10H,1-2H3/q+1. The molecule has 18 heavy (non-hydrogen) atoms. The van der Waals surface area contributed by atoms with Crippen LogP contribution in [0, 0.1) is 6.92 Å². The van der Waals surface area contributed by atoms with Crippen LogP contribution in [0.3, 0.4) is 0 Å². The number of rotatable bonds is 1. The lowest BCUT2D eigenvalue weighted by Crippen LogP contribution is -2.31. The van der Waals surface area contributed by atoms with Crippen LogP contribution in [0.4, 0.5) is 0 Å². The molecule has 0 saturated heterocycles. The Bertz CT molecular complexity index is 720. The van der Waals surface area contributed by atoms with Crippen LogP contribution < -0.4 is 4.57 Å². The lowest BCUT2D eigenvalue weighted by Gasteiger charge is -2.07. The normalized spacial score (nSPS) is 10.8. The van der Waals surface area contributed by atoms with Gasteiger partial charge in [0.1, 0.15) is 5.69 Å². The highest BCUT2D eigenvalue weighted by Gasteiger charge is 2.15. The quantitative estimate of drug-likeness (QED) is 0.607. The molecular formula is C15H14N3+. The summed E-state index contributed by atoms with van der Waals surface area (Å²) in [5.41, 5.74) is 4.60. The minimum absolute atomic E-state index is 0.925. The van der Waals surface area contributed by atoms with Crippen LogP contribution in [-0.4, -0.2) is 9.97 Å². The van der Waals surface area contributed by atoms with Crippen LogP contribution in [-0.2, 0) is 7.05 Å². The van der Waals surface area contributed by atoms with Crippen molar-refractivity contribution < 1.29 is 4.57 Å². The van der Waals surface area contributed by atoms with E-state index in [1.807, 2.05) is 25.6 Å². The summed E-state index contributed by atoms with van der Waals surface area (Å²) in [4.78, 5) is 8.53. The minimum Gasteiger partial charge on any atom is -0.260 e. The van der Waals surface area contributed by atoms with Crippen molar-refractivity contribution in [1.29, 1.82) is 0 Å². The number of nitrogens with zero attached hydrogens (tertiary/aromatic N) is 3. The van der Waals surface area contributed by atoms with Crippen LogP contribution in [0.15, 0.2) is 49.1 Å². The second-order valence-electron chi connectivity index (χ2n) is 4.41. The van der Waals surface area contributed by atoms with Crippen LogP contribution in [0.2, 0.25) is 0 Å². The van der Waals surface area contributed by atoms with Gasteiger partial charge in [0.2, 0.25) is 5.52 Å². The maximum absolute atomic E-state index is 4.40. The van der Waals surface area contributed by atoms with Crippen LogP contribution in [0.25, 0.3) is 22.2 Å². The molecule has 0 N–H and O–H groups in total. The van der Waals surface area contributed by atoms with Gasteiger partial charge < -0.3 is 0 Å². The lowest BCUT2D eigenvalue weighted by atomic mass is 10.0. The summed E-state index contributed by atoms with van der Waals surface area (Å²) in [5, 5.41) is 1.13. The zero-order valence-electron chi connectivity index (χ0n) is 10.5. The fourth-order valence-electron chi connectivity index (χ4n) is 2.26. The Kier molecular flexibility index (Phi) is 2.52. The van der Waals surface area contributed by atoms with E-state index in [1.54, 1.807) is 6.20 Å². The second kappa shape index (κ2) is 4.18. The predicted octanol–water partition coefficient (Wildman–Crippen LogP) is 2.43. The Hall–Kier alpha value is -2.29. The first kappa shape index (κ1) is 10.8. The molecule has 0 unspecified atom stereocenters. The molecule has 0 bridgehead atoms. The maximum Gasteiger partial charge on any atom is 0.287 e. The van der Waals surface area contributed by atoms with Gasteiger partial charge in [-0.05, 0) is 23.5 Å². The molecule has 3 nitrogen and oxygen atoms in total. The van der Waals surface area contributed by atoms with Gasteiger partial charge in [-0.15, -0.1) is 0 Å². The van der Waals surface area contributed by atoms with E-state index in [4.69, 9.17) is 0 Å². The van der Waals surface area contributed by atoms with E-state index >= 15 is 0 Å². The average molecular weight is 236 g/mol. The van der Waals surface area contributed by atoms with Gasteiger partial charge in [0.25, 0.3) is 6.33 Å². The Morgan fingerprint density at radius 3 is 2.78 bits per heavy atom. The summed E-state index contributed by atoms with van der Waals surface area (Å²) in [7, 11) is 2.02. The number of hydrogen-bond donors (Lipinski definition) is 0. The number of aromatic nitrogens is 3. The molecule has 2 heterocycles. The lowest BCUT2D eigenvalue weighted by molar-refractivity contribution is -0.662. The zero-order chi connectivity index (χ0) is 12.5. The minimum atomic E-state index is 0.925. The number of pyridine rings is 1. The van der Waals surface area contributed by atoms with Gasteiger partial charge in [-0.1, -0.05) is 24.3 Å². The fourth-order valence-corrected chi connectivity index (χ4v) is 2.26. The van der Waals surface area contributed by atoms with Crippen LogP contribution >= 0.6 is 0 Å². The molecule has 1 aromatic carbocycles. The molecule has 0 atom stereocenters. The Labute approximate surface area is 106 Å². The van der Waals surface area contributed by atoms with E-state index in [-0.39, 0.29) is 0 Å². The van der Waals surface area contributed by atoms with Gasteiger partial charge in [-0.3, -0.25) is 4.98 Å². The van der Waals surface area contributed by atoms with Crippen molar-refractivity contribution in [2.45, 2.75) is 6.92 Å². The first-order chi connectivity index (χ1) is 8.77. The van der Waals surface area contributed by atoms with E-state index in [1.165, 1.54) is 16.8 Å². The second-order valence-corrected chi connectivity index (χ2v) is 4.41. The van der Waals surface area contributed by atoms with Gasteiger partial charge in [-0.25, -0.2) is 4.57 Å². The predicted molar refractivity (Wildman–Crippen MR) is 70.9 cm³/mol. The van der Waals surface area contributed by atoms with Crippen molar-refractivity contribution in [2.75, 3.05) is 0 Å². The summed E-state index contributed by atoms with van der Waals surface area (Å²) in [6, 6.07) is 10.4. The number of benzene rings is 1. The first-order valence-corrected chi connectivity index (χ1v) is 5.92. The molecule has 0 spiro atoms. The largest absolute Gasteiger partial charge is 0.287 e. The number of fused-ring (bicyclic) bond motifs is 1. The molecule has 0 aliphatic carbocycles. The average Bonchev–Trinajstić information content (AvgIpc) is 2.40. The van der Waals surface area contributed by atoms with E-state index in [2.05, 4.69) is 45.7 Å². The van der Waals surface area contributed by atoms with Crippen molar-refractivity contribution >= 4 is 10.9 Å². The third kappa shape index (κ3) is 1.64. The van der Waals surface area contributed by atoms with E-state index in [0.29, 0.717) is 0 Å². The van der Waals surface area contributed by atoms with Crippen molar-refractivity contribution in [3.8, 4) is 11.3 Å². The third-order valence-electron chi connectivity index (χ3n) is 3.18. The molecule has 0 saturated carbocycles. The molecule has 2 aromatic heterocycles. The van der Waals surface area contributed by atoms with Crippen LogP contribution in [0.1, 0.15) is 5.56 Å². The summed E-state index contributed by atoms with van der Waals surface area (Å²) in [5.74, 6) is 0. The monoisotopic (exact) mass is 236 g/mol. The van der Waals surface area contributed by atoms with E-state index < -0.39 is 0 Å². The molecule has 0 aliphatic heterocycles. The van der Waals surface area contributed by atoms with Crippen LogP contribution in [0.5, 0.6) is 0 Å². The van der Waals surface area contributed by atoms with Crippen molar-refractivity contribution in [3.05, 3.63) is 54.6 Å². The third-order valence-corrected chi connectivity index (χ3v) is 3.18. The van der Waals surface area contributed by atoms with Gasteiger partial charge in [0, 0.05) is 11.8 Å². The summed E-state index contributed by atoms with van der Waals surface area (Å²) in [6.45, 7) is 2.13. The number of hydrogen-bond acceptors (Lipinski definition) is 2. The van der Waals surface area contributed by atoms with E-state index in [0.717, 1.165) is 10.9 Å². The highest BCUT2D eigenvalue weighted by Crippen LogP contribution is 2.25. The van der Waals surface area contributed by atoms with Gasteiger partial charge in [0.05, 0.1) is 18.6 Å². The summed E-state index contributed by atoms with van der Waals surface area (Å²) >= 11 is 0. The molecular weight excluding hydrogens is 222 g/mol. The van der Waals surface area contributed by atoms with Gasteiger partial charge in [0.15, 0.2) is 0 Å². The first-order valence-electron chi connectivity index (χ1n) is 5.92. The van der Waals surface area contributed by atoms with Crippen molar-refractivity contribution in [3.63, 3.8) is 0 Å². The molecule has 0 aliphatic rings. The molecule has 3 heteroatoms. The molecule has 88 valence electrons. The smallest absolute Gasteiger partial charge is 0.260 e. The highest BCUT2D eigenvalue weighted by atomic mass is 15.0. The van der Waals surface area contributed by atoms with Crippen molar-refractivity contribution in [1.82, 2.24) is 9.97 Å². The summed E-state index contributed by atoms with van der Waals surface area (Å²) in [6.07, 6.45) is 5.45. The number of aryl methyl sites for hydroxylation is 2. The molecule has 3 aromatic rings. The molecule has 3 rings (SSSR count). The van der Waals surface area contributed by atoms with E-state index in [9.17, 15) is 0 Å². The Balaban J connectivity index is 2.42. The fraction of sp³-hybridized carbons (Fsp3) is 0.133. The Morgan fingerprint density at radius 1 is 1.11 bits per heavy atom.